The van der Waals surface area contributed by atoms with Gasteiger partial charge in [-0.05, 0) is 46.9 Å². The lowest BCUT2D eigenvalue weighted by Crippen LogP contribution is -2.01. The Balaban J connectivity index is 2.44. The average Bonchev–Trinajstić information content (AvgIpc) is 2.66. The monoisotopic (exact) mass is 333 g/mol. The number of hydrogen-bond donors (Lipinski definition) is 1. The molecule has 5 heteroatoms. The quantitative estimate of drug-likeness (QED) is 0.859. The van der Waals surface area contributed by atoms with Crippen LogP contribution in [0.15, 0.2) is 30.5 Å². The lowest BCUT2D eigenvalue weighted by molar-refractivity contribution is 0.830. The second-order valence-corrected chi connectivity index (χ2v) is 4.65. The van der Waals surface area contributed by atoms with Crippen LogP contribution in [0.2, 0.25) is 5.02 Å². The van der Waals surface area contributed by atoms with Crippen LogP contribution in [0.1, 0.15) is 5.69 Å². The minimum absolute atomic E-state index is 0.456. The molecule has 15 heavy (non-hydrogen) atoms. The van der Waals surface area contributed by atoms with Crippen molar-refractivity contribution in [3.63, 3.8) is 0 Å². The zero-order valence-corrected chi connectivity index (χ0v) is 10.7. The van der Waals surface area contributed by atoms with Crippen LogP contribution in [0.25, 0.3) is 5.69 Å². The normalized spacial score (nSPS) is 10.6. The van der Waals surface area contributed by atoms with Crippen LogP contribution < -0.4 is 5.73 Å². The Labute approximate surface area is 106 Å². The maximum absolute atomic E-state index is 5.88. The number of rotatable bonds is 2. The second kappa shape index (κ2) is 4.51. The molecule has 0 fully saturated rings. The first-order chi connectivity index (χ1) is 7.20. The molecule has 0 saturated carbocycles. The van der Waals surface area contributed by atoms with Gasteiger partial charge in [0, 0.05) is 21.3 Å². The first-order valence-electron chi connectivity index (χ1n) is 4.41. The molecule has 1 heterocycles. The van der Waals surface area contributed by atoms with Crippen molar-refractivity contribution in [2.75, 3.05) is 0 Å². The third-order valence-electron chi connectivity index (χ3n) is 2.01. The van der Waals surface area contributed by atoms with Crippen molar-refractivity contribution in [2.45, 2.75) is 6.54 Å². The summed E-state index contributed by atoms with van der Waals surface area (Å²) in [4.78, 5) is 0. The zero-order chi connectivity index (χ0) is 10.8. The number of aromatic nitrogens is 2. The van der Waals surface area contributed by atoms with Crippen molar-refractivity contribution >= 4 is 34.2 Å². The summed E-state index contributed by atoms with van der Waals surface area (Å²) in [5.74, 6) is 0. The van der Waals surface area contributed by atoms with Gasteiger partial charge in [-0.25, -0.2) is 4.68 Å². The number of benzene rings is 1. The summed E-state index contributed by atoms with van der Waals surface area (Å²) in [6.07, 6.45) is 1.90. The second-order valence-electron chi connectivity index (χ2n) is 3.05. The van der Waals surface area contributed by atoms with E-state index in [1.807, 2.05) is 30.5 Å². The third-order valence-corrected chi connectivity index (χ3v) is 3.11. The molecule has 0 radical (unpaired) electrons. The molecule has 1 aromatic heterocycles. The molecule has 0 spiro atoms. The third kappa shape index (κ3) is 2.32. The fourth-order valence-corrected chi connectivity index (χ4v) is 2.39. The summed E-state index contributed by atoms with van der Waals surface area (Å²) in [6, 6.07) is 7.60. The topological polar surface area (TPSA) is 43.8 Å². The van der Waals surface area contributed by atoms with Crippen LogP contribution in [-0.4, -0.2) is 9.78 Å². The molecular weight excluding hydrogens is 324 g/mol. The molecule has 0 saturated heterocycles. The molecule has 0 aliphatic heterocycles. The van der Waals surface area contributed by atoms with Crippen molar-refractivity contribution < 1.29 is 0 Å². The van der Waals surface area contributed by atoms with Gasteiger partial charge >= 0.3 is 0 Å². The fourth-order valence-electron chi connectivity index (χ4n) is 1.27. The zero-order valence-electron chi connectivity index (χ0n) is 7.82. The van der Waals surface area contributed by atoms with Gasteiger partial charge in [0.15, 0.2) is 0 Å². The molecule has 3 nitrogen and oxygen atoms in total. The number of hydrogen-bond acceptors (Lipinski definition) is 2. The van der Waals surface area contributed by atoms with E-state index in [1.165, 1.54) is 0 Å². The number of nitrogens with two attached hydrogens (primary N) is 1. The minimum atomic E-state index is 0.456. The van der Waals surface area contributed by atoms with Gasteiger partial charge < -0.3 is 5.73 Å². The van der Waals surface area contributed by atoms with Gasteiger partial charge in [-0.1, -0.05) is 11.6 Å². The van der Waals surface area contributed by atoms with Gasteiger partial charge in [0.2, 0.25) is 0 Å². The van der Waals surface area contributed by atoms with Crippen molar-refractivity contribution in [3.8, 4) is 5.69 Å². The molecule has 0 aliphatic rings. The molecule has 1 aromatic carbocycles. The van der Waals surface area contributed by atoms with E-state index in [0.717, 1.165) is 20.0 Å². The van der Waals surface area contributed by atoms with E-state index < -0.39 is 0 Å². The lowest BCUT2D eigenvalue weighted by atomic mass is 10.3. The van der Waals surface area contributed by atoms with Crippen LogP contribution in [0.4, 0.5) is 0 Å². The maximum atomic E-state index is 5.88. The highest BCUT2D eigenvalue weighted by atomic mass is 127. The van der Waals surface area contributed by atoms with E-state index in [0.29, 0.717) is 6.54 Å². The molecule has 0 amide bonds. The maximum Gasteiger partial charge on any atom is 0.0780 e. The van der Waals surface area contributed by atoms with Crippen LogP contribution in [-0.2, 0) is 6.54 Å². The molecule has 78 valence electrons. The van der Waals surface area contributed by atoms with E-state index >= 15 is 0 Å². The highest BCUT2D eigenvalue weighted by Crippen LogP contribution is 2.20. The molecule has 0 unspecified atom stereocenters. The lowest BCUT2D eigenvalue weighted by Gasteiger charge is -2.04. The Morgan fingerprint density at radius 1 is 1.40 bits per heavy atom. The Morgan fingerprint density at radius 3 is 2.80 bits per heavy atom. The Morgan fingerprint density at radius 2 is 2.20 bits per heavy atom. The number of halogens is 2. The first kappa shape index (κ1) is 10.9. The molecular formula is C10H9ClIN3. The first-order valence-corrected chi connectivity index (χ1v) is 5.86. The van der Waals surface area contributed by atoms with Gasteiger partial charge in [-0.15, -0.1) is 0 Å². The fraction of sp³-hybridized carbons (Fsp3) is 0.100. The number of nitrogens with zero attached hydrogens (tertiary/aromatic N) is 2. The van der Waals surface area contributed by atoms with E-state index in [9.17, 15) is 0 Å². The molecule has 0 atom stereocenters. The van der Waals surface area contributed by atoms with E-state index in [4.69, 9.17) is 17.3 Å². The Kier molecular flexibility index (Phi) is 3.28. The van der Waals surface area contributed by atoms with Crippen LogP contribution in [0, 0.1) is 3.57 Å². The van der Waals surface area contributed by atoms with Crippen molar-refractivity contribution in [2.24, 2.45) is 5.73 Å². The van der Waals surface area contributed by atoms with Crippen molar-refractivity contribution in [3.05, 3.63) is 44.7 Å². The molecule has 2 rings (SSSR count). The summed E-state index contributed by atoms with van der Waals surface area (Å²) < 4.78 is 2.87. The predicted molar refractivity (Wildman–Crippen MR) is 69.2 cm³/mol. The van der Waals surface area contributed by atoms with Gasteiger partial charge in [0.25, 0.3) is 0 Å². The SMILES string of the molecule is NCc1ccn(-c2ccc(Cl)cc2I)n1. The van der Waals surface area contributed by atoms with E-state index in [2.05, 4.69) is 27.7 Å². The smallest absolute Gasteiger partial charge is 0.0780 e. The van der Waals surface area contributed by atoms with Gasteiger partial charge in [-0.2, -0.15) is 5.10 Å². The van der Waals surface area contributed by atoms with Crippen molar-refractivity contribution in [1.29, 1.82) is 0 Å². The van der Waals surface area contributed by atoms with Crippen LogP contribution in [0.3, 0.4) is 0 Å². The summed E-state index contributed by atoms with van der Waals surface area (Å²) in [7, 11) is 0. The summed E-state index contributed by atoms with van der Waals surface area (Å²) in [5, 5.41) is 5.06. The molecule has 2 aromatic rings. The molecule has 2 N–H and O–H groups in total. The van der Waals surface area contributed by atoms with Crippen LogP contribution >= 0.6 is 34.2 Å². The van der Waals surface area contributed by atoms with Crippen molar-refractivity contribution in [1.82, 2.24) is 9.78 Å². The highest BCUT2D eigenvalue weighted by molar-refractivity contribution is 14.1. The molecule has 0 bridgehead atoms. The summed E-state index contributed by atoms with van der Waals surface area (Å²) in [5.41, 5.74) is 7.39. The molecule has 0 aliphatic carbocycles. The van der Waals surface area contributed by atoms with E-state index in [1.54, 1.807) is 4.68 Å². The van der Waals surface area contributed by atoms with E-state index in [-0.39, 0.29) is 0 Å². The Bertz CT molecular complexity index is 481. The average molecular weight is 334 g/mol. The summed E-state index contributed by atoms with van der Waals surface area (Å²) >= 11 is 8.12. The predicted octanol–water partition coefficient (Wildman–Crippen LogP) is 2.59. The van der Waals surface area contributed by atoms with Gasteiger partial charge in [0.1, 0.15) is 0 Å². The highest BCUT2D eigenvalue weighted by Gasteiger charge is 2.04. The Hall–Kier alpha value is -0.590. The standard InChI is InChI=1S/C10H9ClIN3/c11-7-1-2-10(9(12)5-7)15-4-3-8(6-13)14-15/h1-5H,6,13H2. The largest absolute Gasteiger partial charge is 0.325 e. The van der Waals surface area contributed by atoms with Gasteiger partial charge in [-0.3, -0.25) is 0 Å². The minimum Gasteiger partial charge on any atom is -0.325 e. The van der Waals surface area contributed by atoms with Gasteiger partial charge in [0.05, 0.1) is 11.4 Å². The summed E-state index contributed by atoms with van der Waals surface area (Å²) in [6.45, 7) is 0.456. The van der Waals surface area contributed by atoms with Crippen LogP contribution in [0.5, 0.6) is 0 Å².